The van der Waals surface area contributed by atoms with Gasteiger partial charge in [-0.15, -0.1) is 11.3 Å². The predicted octanol–water partition coefficient (Wildman–Crippen LogP) is 5.19. The highest BCUT2D eigenvalue weighted by atomic mass is 35.5. The molecule has 11 heteroatoms. The van der Waals surface area contributed by atoms with Crippen molar-refractivity contribution in [1.29, 1.82) is 0 Å². The molecule has 3 aromatic rings. The number of nitrogens with one attached hydrogen (secondary N) is 1. The fraction of sp³-hybridized carbons (Fsp3) is 0.269. The number of carbonyl (C=O) groups is 3. The number of nitrogens with zero attached hydrogens (tertiary/aromatic N) is 1. The van der Waals surface area contributed by atoms with Crippen molar-refractivity contribution in [2.24, 2.45) is 5.92 Å². The van der Waals surface area contributed by atoms with Crippen LogP contribution >= 0.6 is 34.5 Å². The van der Waals surface area contributed by atoms with Gasteiger partial charge in [0.15, 0.2) is 15.6 Å². The monoisotopic (exact) mass is 576 g/mol. The number of benzene rings is 2. The van der Waals surface area contributed by atoms with Gasteiger partial charge in [0.25, 0.3) is 5.91 Å². The van der Waals surface area contributed by atoms with Crippen LogP contribution in [-0.2, 0) is 32.3 Å². The van der Waals surface area contributed by atoms with Crippen LogP contribution in [0.3, 0.4) is 0 Å². The molecule has 0 unspecified atom stereocenters. The summed E-state index contributed by atoms with van der Waals surface area (Å²) in [6.07, 6.45) is 2.45. The first kappa shape index (κ1) is 25.9. The van der Waals surface area contributed by atoms with Crippen LogP contribution in [0.5, 0.6) is 0 Å². The average Bonchev–Trinajstić information content (AvgIpc) is 3.61. The van der Waals surface area contributed by atoms with Crippen molar-refractivity contribution in [3.05, 3.63) is 74.6 Å². The van der Waals surface area contributed by atoms with Crippen molar-refractivity contribution in [2.75, 3.05) is 22.5 Å². The summed E-state index contributed by atoms with van der Waals surface area (Å²) in [5, 5.41) is 3.49. The van der Waals surface area contributed by atoms with E-state index in [2.05, 4.69) is 5.32 Å². The first-order chi connectivity index (χ1) is 17.6. The van der Waals surface area contributed by atoms with Gasteiger partial charge in [0, 0.05) is 24.2 Å². The van der Waals surface area contributed by atoms with E-state index in [-0.39, 0.29) is 32.3 Å². The molecule has 1 saturated carbocycles. The Hall–Kier alpha value is -2.72. The molecule has 37 heavy (non-hydrogen) atoms. The van der Waals surface area contributed by atoms with Crippen molar-refractivity contribution in [3.63, 3.8) is 0 Å². The van der Waals surface area contributed by atoms with Crippen LogP contribution in [0, 0.1) is 5.92 Å². The molecule has 192 valence electrons. The maximum atomic E-state index is 13.1. The van der Waals surface area contributed by atoms with Gasteiger partial charge in [0.05, 0.1) is 17.1 Å². The zero-order valence-corrected chi connectivity index (χ0v) is 22.6. The Bertz CT molecular complexity index is 1490. The molecule has 2 aromatic carbocycles. The maximum Gasteiger partial charge on any atom is 0.265 e. The van der Waals surface area contributed by atoms with Gasteiger partial charge in [0.2, 0.25) is 5.91 Å². The van der Waals surface area contributed by atoms with Gasteiger partial charge >= 0.3 is 0 Å². The van der Waals surface area contributed by atoms with Crippen LogP contribution in [0.25, 0.3) is 0 Å². The Balaban J connectivity index is 1.25. The topological polar surface area (TPSA) is 101 Å². The number of halogens is 2. The molecule has 1 N–H and O–H groups in total. The predicted molar refractivity (Wildman–Crippen MR) is 145 cm³/mol. The van der Waals surface area contributed by atoms with Crippen LogP contribution in [0.2, 0.25) is 9.36 Å². The van der Waals surface area contributed by atoms with Gasteiger partial charge in [-0.1, -0.05) is 35.3 Å². The zero-order valence-electron chi connectivity index (χ0n) is 19.5. The molecule has 2 aliphatic rings. The standard InChI is InChI=1S/C26H22Cl2N2O5S2/c27-22-12-24(36-25(22)28)37(34,35)14-20(31)9-15-3-6-19(7-4-15)30-23(32)11-17-10-18(29-13-16-1-2-16)5-8-21(17)26(30)33/h3-8,10,12,16,29H,1-2,9,11,13-14H2. The summed E-state index contributed by atoms with van der Waals surface area (Å²) in [4.78, 5) is 39.6. The second kappa shape index (κ2) is 10.2. The maximum absolute atomic E-state index is 13.1. The quantitative estimate of drug-likeness (QED) is 0.352. The smallest absolute Gasteiger partial charge is 0.265 e. The number of carbonyl (C=O) groups excluding carboxylic acids is 3. The Morgan fingerprint density at radius 2 is 1.78 bits per heavy atom. The number of thiophene rings is 1. The molecular formula is C26H22Cl2N2O5S2. The van der Waals surface area contributed by atoms with Gasteiger partial charge < -0.3 is 5.32 Å². The molecule has 0 bridgehead atoms. The summed E-state index contributed by atoms with van der Waals surface area (Å²) in [6.45, 7) is 0.893. The molecule has 0 radical (unpaired) electrons. The average molecular weight is 578 g/mol. The highest BCUT2D eigenvalue weighted by Crippen LogP contribution is 2.35. The molecule has 1 aliphatic heterocycles. The summed E-state index contributed by atoms with van der Waals surface area (Å²) < 4.78 is 25.1. The molecule has 7 nitrogen and oxygen atoms in total. The SMILES string of the molecule is O=C(Cc1ccc(N2C(=O)Cc3cc(NCC4CC4)ccc3C2=O)cc1)CS(=O)(=O)c1cc(Cl)c(Cl)s1. The number of Topliss-reactive ketones (excluding diaryl/α,β-unsaturated/α-hetero) is 1. The highest BCUT2D eigenvalue weighted by Gasteiger charge is 2.32. The van der Waals surface area contributed by atoms with Gasteiger partial charge in [-0.3, -0.25) is 14.4 Å². The molecule has 2 heterocycles. The van der Waals surface area contributed by atoms with Gasteiger partial charge in [0.1, 0.15) is 14.3 Å². The summed E-state index contributed by atoms with van der Waals surface area (Å²) in [7, 11) is -3.86. The molecule has 5 rings (SSSR count). The van der Waals surface area contributed by atoms with Crippen molar-refractivity contribution < 1.29 is 22.8 Å². The Kier molecular flexibility index (Phi) is 7.15. The van der Waals surface area contributed by atoms with Gasteiger partial charge in [-0.05, 0) is 66.3 Å². The normalized spacial score (nSPS) is 15.6. The Labute approximate surface area is 228 Å². The van der Waals surface area contributed by atoms with Crippen molar-refractivity contribution in [3.8, 4) is 0 Å². The number of anilines is 2. The third-order valence-corrected chi connectivity index (χ3v) is 10.4. The molecule has 1 aromatic heterocycles. The van der Waals surface area contributed by atoms with E-state index in [1.807, 2.05) is 12.1 Å². The van der Waals surface area contributed by atoms with Crippen molar-refractivity contribution >= 4 is 73.3 Å². The lowest BCUT2D eigenvalue weighted by atomic mass is 9.97. The van der Waals surface area contributed by atoms with Gasteiger partial charge in [-0.2, -0.15) is 0 Å². The number of hydrogen-bond acceptors (Lipinski definition) is 7. The number of sulfone groups is 1. The number of ketones is 1. The lowest BCUT2D eigenvalue weighted by molar-refractivity contribution is -0.118. The summed E-state index contributed by atoms with van der Waals surface area (Å²) in [5.74, 6) is -1.21. The van der Waals surface area contributed by atoms with Crippen LogP contribution in [0.4, 0.5) is 11.4 Å². The highest BCUT2D eigenvalue weighted by molar-refractivity contribution is 7.94. The van der Waals surface area contributed by atoms with Crippen molar-refractivity contribution in [1.82, 2.24) is 0 Å². The Morgan fingerprint density at radius 1 is 1.05 bits per heavy atom. The third-order valence-electron chi connectivity index (χ3n) is 6.30. The van der Waals surface area contributed by atoms with Crippen LogP contribution in [-0.4, -0.2) is 38.3 Å². The van der Waals surface area contributed by atoms with E-state index in [1.54, 1.807) is 30.3 Å². The molecule has 1 aliphatic carbocycles. The number of hydrogen-bond donors (Lipinski definition) is 1. The second-order valence-electron chi connectivity index (χ2n) is 9.24. The molecule has 0 saturated heterocycles. The molecule has 0 spiro atoms. The third kappa shape index (κ3) is 5.75. The van der Waals surface area contributed by atoms with E-state index in [0.717, 1.165) is 28.5 Å². The summed E-state index contributed by atoms with van der Waals surface area (Å²) in [6, 6.07) is 13.1. The Morgan fingerprint density at radius 3 is 2.43 bits per heavy atom. The minimum absolute atomic E-state index is 0.0561. The molecular weight excluding hydrogens is 555 g/mol. The van der Waals surface area contributed by atoms with E-state index in [1.165, 1.54) is 18.9 Å². The van der Waals surface area contributed by atoms with Crippen molar-refractivity contribution in [2.45, 2.75) is 29.9 Å². The fourth-order valence-electron chi connectivity index (χ4n) is 4.18. The zero-order chi connectivity index (χ0) is 26.3. The van der Waals surface area contributed by atoms with Crippen LogP contribution in [0.15, 0.2) is 52.7 Å². The largest absolute Gasteiger partial charge is 0.385 e. The van der Waals surface area contributed by atoms with Crippen LogP contribution < -0.4 is 10.2 Å². The summed E-state index contributed by atoms with van der Waals surface area (Å²) >= 11 is 12.5. The number of amides is 2. The number of fused-ring (bicyclic) bond motifs is 1. The molecule has 1 fully saturated rings. The van der Waals surface area contributed by atoms with E-state index in [4.69, 9.17) is 23.2 Å². The van der Waals surface area contributed by atoms with Crippen LogP contribution in [0.1, 0.15) is 34.3 Å². The summed E-state index contributed by atoms with van der Waals surface area (Å²) in [5.41, 5.74) is 3.04. The van der Waals surface area contributed by atoms with E-state index in [0.29, 0.717) is 28.3 Å². The van der Waals surface area contributed by atoms with E-state index in [9.17, 15) is 22.8 Å². The molecule has 2 amide bonds. The minimum atomic E-state index is -3.86. The lowest BCUT2D eigenvalue weighted by Gasteiger charge is -2.27. The first-order valence-corrected chi connectivity index (χ1v) is 14.9. The fourth-order valence-corrected chi connectivity index (χ4v) is 7.39. The number of rotatable bonds is 9. The first-order valence-electron chi connectivity index (χ1n) is 11.6. The van der Waals surface area contributed by atoms with E-state index < -0.39 is 27.3 Å². The minimum Gasteiger partial charge on any atom is -0.385 e. The molecule has 0 atom stereocenters. The number of imide groups is 1. The van der Waals surface area contributed by atoms with Gasteiger partial charge in [-0.25, -0.2) is 13.3 Å². The second-order valence-corrected chi connectivity index (χ2v) is 13.5. The lowest BCUT2D eigenvalue weighted by Crippen LogP contribution is -2.42. The van der Waals surface area contributed by atoms with E-state index >= 15 is 0 Å².